The molecule has 29 heavy (non-hydrogen) atoms. The van der Waals surface area contributed by atoms with Crippen LogP contribution in [0.15, 0.2) is 53.4 Å². The van der Waals surface area contributed by atoms with Gasteiger partial charge in [0.25, 0.3) is 11.1 Å². The summed E-state index contributed by atoms with van der Waals surface area (Å²) in [4.78, 5) is 37.5. The third kappa shape index (κ3) is 4.99. The lowest BCUT2D eigenvalue weighted by Gasteiger charge is -2.18. The maximum atomic E-state index is 12.5. The summed E-state index contributed by atoms with van der Waals surface area (Å²) >= 11 is 6.66. The smallest absolute Gasteiger partial charge is 0.328 e. The Hall–Kier alpha value is -2.77. The normalized spacial score (nSPS) is 16.2. The van der Waals surface area contributed by atoms with Gasteiger partial charge in [-0.3, -0.25) is 14.5 Å². The summed E-state index contributed by atoms with van der Waals surface area (Å²) in [6, 6.07) is 13.6. The Morgan fingerprint density at radius 1 is 1.14 bits per heavy atom. The average Bonchev–Trinajstić information content (AvgIpc) is 3.00. The molecule has 6 nitrogen and oxygen atoms in total. The second-order valence-electron chi connectivity index (χ2n) is 6.24. The van der Waals surface area contributed by atoms with Crippen LogP contribution in [0.1, 0.15) is 18.1 Å². The Kier molecular flexibility index (Phi) is 6.61. The molecule has 1 saturated heterocycles. The van der Waals surface area contributed by atoms with Gasteiger partial charge in [0, 0.05) is 5.02 Å². The van der Waals surface area contributed by atoms with Gasteiger partial charge in [-0.15, -0.1) is 0 Å². The fraction of sp³-hybridized carbons (Fsp3) is 0.190. The van der Waals surface area contributed by atoms with Crippen molar-refractivity contribution in [2.24, 2.45) is 0 Å². The summed E-state index contributed by atoms with van der Waals surface area (Å²) in [5, 5.41) is 0.172. The number of hydrogen-bond donors (Lipinski definition) is 0. The second-order valence-corrected chi connectivity index (χ2v) is 7.66. The van der Waals surface area contributed by atoms with Crippen LogP contribution in [0.25, 0.3) is 6.08 Å². The first kappa shape index (κ1) is 21.0. The fourth-order valence-corrected chi connectivity index (χ4v) is 3.68. The summed E-state index contributed by atoms with van der Waals surface area (Å²) in [7, 11) is 1.21. The Balaban J connectivity index is 1.66. The number of ether oxygens (including phenoxy) is 2. The van der Waals surface area contributed by atoms with Gasteiger partial charge in [0.2, 0.25) is 0 Å². The van der Waals surface area contributed by atoms with Gasteiger partial charge >= 0.3 is 5.97 Å². The Labute approximate surface area is 177 Å². The Morgan fingerprint density at radius 3 is 2.41 bits per heavy atom. The summed E-state index contributed by atoms with van der Waals surface area (Å²) in [6.45, 7) is 1.86. The molecule has 0 aliphatic carbocycles. The monoisotopic (exact) mass is 431 g/mol. The van der Waals surface area contributed by atoms with Gasteiger partial charge in [0.1, 0.15) is 18.4 Å². The average molecular weight is 432 g/mol. The quantitative estimate of drug-likeness (QED) is 0.494. The minimum atomic E-state index is -0.970. The molecule has 2 aromatic rings. The molecule has 3 rings (SSSR count). The van der Waals surface area contributed by atoms with Crippen molar-refractivity contribution in [3.63, 3.8) is 0 Å². The molecule has 0 saturated carbocycles. The SMILES string of the molecule is COC(=O)[C@H](C)N1C(=O)S/C(=C/c2ccc(OCc3ccc(Cl)cc3)cc2)C1=O. The maximum Gasteiger partial charge on any atom is 0.328 e. The van der Waals surface area contributed by atoms with E-state index in [9.17, 15) is 14.4 Å². The highest BCUT2D eigenvalue weighted by Gasteiger charge is 2.41. The molecule has 1 fully saturated rings. The summed E-state index contributed by atoms with van der Waals surface area (Å²) in [6.07, 6.45) is 1.61. The fourth-order valence-electron chi connectivity index (χ4n) is 2.65. The van der Waals surface area contributed by atoms with Gasteiger partial charge in [-0.1, -0.05) is 35.9 Å². The van der Waals surface area contributed by atoms with Crippen molar-refractivity contribution in [3.8, 4) is 5.75 Å². The zero-order chi connectivity index (χ0) is 21.0. The maximum absolute atomic E-state index is 12.5. The third-order valence-corrected chi connectivity index (χ3v) is 5.39. The number of benzene rings is 2. The van der Waals surface area contributed by atoms with Gasteiger partial charge in [0.15, 0.2) is 0 Å². The van der Waals surface area contributed by atoms with Crippen LogP contribution in [0.5, 0.6) is 5.75 Å². The first-order chi connectivity index (χ1) is 13.9. The van der Waals surface area contributed by atoms with E-state index in [1.54, 1.807) is 42.5 Å². The molecule has 1 heterocycles. The Bertz CT molecular complexity index is 956. The molecule has 0 N–H and O–H groups in total. The van der Waals surface area contributed by atoms with Crippen molar-refractivity contribution in [1.82, 2.24) is 4.90 Å². The number of methoxy groups -OCH3 is 1. The molecule has 2 aromatic carbocycles. The van der Waals surface area contributed by atoms with Gasteiger partial charge in [-0.2, -0.15) is 0 Å². The van der Waals surface area contributed by atoms with Gasteiger partial charge in [0.05, 0.1) is 12.0 Å². The second kappa shape index (κ2) is 9.15. The number of imide groups is 1. The summed E-state index contributed by atoms with van der Waals surface area (Å²) in [5.74, 6) is -0.485. The number of hydrogen-bond acceptors (Lipinski definition) is 6. The van der Waals surface area contributed by atoms with E-state index in [1.807, 2.05) is 12.1 Å². The van der Waals surface area contributed by atoms with Crippen LogP contribution in [-0.4, -0.2) is 35.2 Å². The standard InChI is InChI=1S/C21H18ClNO5S/c1-13(20(25)27-2)23-19(24)18(29-21(23)26)11-14-5-9-17(10-6-14)28-12-15-3-7-16(22)8-4-15/h3-11,13H,12H2,1-2H3/b18-11+/t13-/m0/s1. The van der Waals surface area contributed by atoms with Crippen LogP contribution in [0.2, 0.25) is 5.02 Å². The molecule has 0 aromatic heterocycles. The van der Waals surface area contributed by atoms with E-state index in [4.69, 9.17) is 16.3 Å². The lowest BCUT2D eigenvalue weighted by Crippen LogP contribution is -2.42. The molecule has 1 aliphatic rings. The number of carbonyl (C=O) groups is 3. The zero-order valence-corrected chi connectivity index (χ0v) is 17.3. The largest absolute Gasteiger partial charge is 0.489 e. The van der Waals surface area contributed by atoms with E-state index in [2.05, 4.69) is 4.74 Å². The molecular formula is C21H18ClNO5S. The highest BCUT2D eigenvalue weighted by Crippen LogP contribution is 2.34. The lowest BCUT2D eigenvalue weighted by molar-refractivity contribution is -0.148. The molecule has 1 atom stereocenters. The number of thioether (sulfide) groups is 1. The van der Waals surface area contributed by atoms with Crippen molar-refractivity contribution in [2.45, 2.75) is 19.6 Å². The van der Waals surface area contributed by atoms with Gasteiger partial charge in [-0.25, -0.2) is 4.79 Å². The first-order valence-electron chi connectivity index (χ1n) is 8.71. The van der Waals surface area contributed by atoms with Crippen LogP contribution in [0.4, 0.5) is 4.79 Å². The van der Waals surface area contributed by atoms with E-state index in [0.29, 0.717) is 17.4 Å². The minimum absolute atomic E-state index is 0.251. The molecule has 8 heteroatoms. The molecule has 0 spiro atoms. The molecule has 0 radical (unpaired) electrons. The van der Waals surface area contributed by atoms with Crippen molar-refractivity contribution < 1.29 is 23.9 Å². The van der Waals surface area contributed by atoms with Crippen molar-refractivity contribution in [2.75, 3.05) is 7.11 Å². The van der Waals surface area contributed by atoms with E-state index in [0.717, 1.165) is 27.8 Å². The van der Waals surface area contributed by atoms with E-state index in [1.165, 1.54) is 14.0 Å². The topological polar surface area (TPSA) is 72.9 Å². The predicted molar refractivity (Wildman–Crippen MR) is 112 cm³/mol. The third-order valence-electron chi connectivity index (χ3n) is 4.25. The number of halogens is 1. The van der Waals surface area contributed by atoms with Crippen molar-refractivity contribution in [1.29, 1.82) is 0 Å². The molecule has 150 valence electrons. The molecule has 2 amide bonds. The Morgan fingerprint density at radius 2 is 1.79 bits per heavy atom. The number of carbonyl (C=O) groups excluding carboxylic acids is 3. The lowest BCUT2D eigenvalue weighted by atomic mass is 10.2. The number of esters is 1. The van der Waals surface area contributed by atoms with Crippen molar-refractivity contribution in [3.05, 3.63) is 69.6 Å². The minimum Gasteiger partial charge on any atom is -0.489 e. The predicted octanol–water partition coefficient (Wildman–Crippen LogP) is 4.52. The van der Waals surface area contributed by atoms with Gasteiger partial charge in [-0.05, 0) is 60.2 Å². The molecule has 0 bridgehead atoms. The summed E-state index contributed by atoms with van der Waals surface area (Å²) < 4.78 is 10.3. The molecule has 0 unspecified atom stereocenters. The molecular weight excluding hydrogens is 414 g/mol. The zero-order valence-electron chi connectivity index (χ0n) is 15.8. The van der Waals surface area contributed by atoms with E-state index >= 15 is 0 Å². The van der Waals surface area contributed by atoms with Crippen LogP contribution in [0, 0.1) is 0 Å². The van der Waals surface area contributed by atoms with Crippen molar-refractivity contribution >= 4 is 46.6 Å². The highest BCUT2D eigenvalue weighted by atomic mass is 35.5. The number of amides is 2. The first-order valence-corrected chi connectivity index (χ1v) is 9.90. The number of nitrogens with zero attached hydrogens (tertiary/aromatic N) is 1. The summed E-state index contributed by atoms with van der Waals surface area (Å²) in [5.41, 5.74) is 1.73. The van der Waals surface area contributed by atoms with E-state index in [-0.39, 0.29) is 4.91 Å². The van der Waals surface area contributed by atoms with E-state index < -0.39 is 23.2 Å². The van der Waals surface area contributed by atoms with Crippen LogP contribution in [0.3, 0.4) is 0 Å². The van der Waals surface area contributed by atoms with Gasteiger partial charge < -0.3 is 9.47 Å². The number of rotatable bonds is 6. The van der Waals surface area contributed by atoms with Crippen LogP contribution in [-0.2, 0) is 20.9 Å². The molecule has 1 aliphatic heterocycles. The van der Waals surface area contributed by atoms with Crippen LogP contribution >= 0.6 is 23.4 Å². The van der Waals surface area contributed by atoms with Crippen LogP contribution < -0.4 is 4.74 Å². The highest BCUT2D eigenvalue weighted by molar-refractivity contribution is 8.18.